The topological polar surface area (TPSA) is 12.0 Å². The minimum Gasteiger partial charge on any atom is -0.379 e. The molecule has 1 N–H and O–H groups in total. The van der Waals surface area contributed by atoms with Crippen molar-refractivity contribution >= 4 is 40.5 Å². The van der Waals surface area contributed by atoms with Gasteiger partial charge in [0.05, 0.1) is 5.69 Å². The smallest absolute Gasteiger partial charge is 0.147 e. The number of hydrogen-bond donors (Lipinski definition) is 1. The van der Waals surface area contributed by atoms with Crippen LogP contribution in [0.4, 0.5) is 10.1 Å². The van der Waals surface area contributed by atoms with Gasteiger partial charge in [-0.2, -0.15) is 0 Å². The molecule has 0 saturated carbocycles. The Morgan fingerprint density at radius 2 is 1.61 bits per heavy atom. The van der Waals surface area contributed by atoms with E-state index in [9.17, 15) is 4.39 Å². The van der Waals surface area contributed by atoms with Gasteiger partial charge in [-0.3, -0.25) is 0 Å². The fourth-order valence-corrected chi connectivity index (χ4v) is 2.12. The third kappa shape index (κ3) is 3.29. The molecule has 0 aromatic heterocycles. The summed E-state index contributed by atoms with van der Waals surface area (Å²) < 4.78 is 13.5. The zero-order valence-electron chi connectivity index (χ0n) is 9.18. The Labute approximate surface area is 119 Å². The molecule has 1 nitrogen and oxygen atoms in total. The van der Waals surface area contributed by atoms with Gasteiger partial charge in [0.1, 0.15) is 5.82 Å². The van der Waals surface area contributed by atoms with Gasteiger partial charge < -0.3 is 5.32 Å². The van der Waals surface area contributed by atoms with Crippen molar-refractivity contribution in [2.45, 2.75) is 6.54 Å². The van der Waals surface area contributed by atoms with Gasteiger partial charge in [0.15, 0.2) is 0 Å². The first-order valence-electron chi connectivity index (χ1n) is 5.19. The summed E-state index contributed by atoms with van der Waals surface area (Å²) in [6, 6.07) is 9.65. The van der Waals surface area contributed by atoms with E-state index in [1.807, 2.05) is 0 Å². The van der Waals surface area contributed by atoms with Crippen molar-refractivity contribution in [1.29, 1.82) is 0 Å². The number of halogens is 4. The summed E-state index contributed by atoms with van der Waals surface area (Å²) in [5.41, 5.74) is 1.22. The van der Waals surface area contributed by atoms with Crippen LogP contribution in [-0.2, 0) is 6.54 Å². The lowest BCUT2D eigenvalue weighted by Crippen LogP contribution is -2.01. The SMILES string of the molecule is Fc1cc(Cl)ccc1NCc1ccc(Cl)cc1Cl. The second-order valence-electron chi connectivity index (χ2n) is 3.71. The molecule has 0 radical (unpaired) electrons. The predicted octanol–water partition coefficient (Wildman–Crippen LogP) is 5.40. The number of hydrogen-bond acceptors (Lipinski definition) is 1. The Kier molecular flexibility index (Phi) is 4.33. The maximum Gasteiger partial charge on any atom is 0.147 e. The number of rotatable bonds is 3. The normalized spacial score (nSPS) is 10.4. The summed E-state index contributed by atoms with van der Waals surface area (Å²) >= 11 is 17.5. The van der Waals surface area contributed by atoms with Crippen LogP contribution >= 0.6 is 34.8 Å². The van der Waals surface area contributed by atoms with E-state index < -0.39 is 5.82 Å². The van der Waals surface area contributed by atoms with Gasteiger partial charge in [0.25, 0.3) is 0 Å². The summed E-state index contributed by atoms with van der Waals surface area (Å²) in [5, 5.41) is 4.44. The Bertz CT molecular complexity index is 521. The minimum absolute atomic E-state index is 0.363. The first-order chi connectivity index (χ1) is 8.56. The highest BCUT2D eigenvalue weighted by Crippen LogP contribution is 2.23. The highest BCUT2D eigenvalue weighted by Gasteiger charge is 2.05. The third-order valence-electron chi connectivity index (χ3n) is 2.42. The van der Waals surface area contributed by atoms with E-state index in [1.54, 1.807) is 30.3 Å². The molecule has 2 aromatic rings. The lowest BCUT2D eigenvalue weighted by molar-refractivity contribution is 0.630. The second kappa shape index (κ2) is 5.79. The van der Waals surface area contributed by atoms with Crippen LogP contribution in [-0.4, -0.2) is 0 Å². The number of nitrogens with one attached hydrogen (secondary N) is 1. The van der Waals surface area contributed by atoms with Crippen LogP contribution in [0.5, 0.6) is 0 Å². The minimum atomic E-state index is -0.396. The van der Waals surface area contributed by atoms with Crippen molar-refractivity contribution in [2.75, 3.05) is 5.32 Å². The van der Waals surface area contributed by atoms with Crippen molar-refractivity contribution in [3.63, 3.8) is 0 Å². The molecule has 18 heavy (non-hydrogen) atoms. The van der Waals surface area contributed by atoms with Crippen molar-refractivity contribution in [3.8, 4) is 0 Å². The lowest BCUT2D eigenvalue weighted by Gasteiger charge is -2.09. The number of benzene rings is 2. The van der Waals surface area contributed by atoms with Crippen LogP contribution in [0.2, 0.25) is 15.1 Å². The Hall–Kier alpha value is -0.960. The van der Waals surface area contributed by atoms with E-state index in [1.165, 1.54) is 6.07 Å². The van der Waals surface area contributed by atoms with Gasteiger partial charge in [-0.25, -0.2) is 4.39 Å². The summed E-state index contributed by atoms with van der Waals surface area (Å²) in [6.45, 7) is 0.411. The molecule has 0 heterocycles. The maximum absolute atomic E-state index is 13.5. The van der Waals surface area contributed by atoms with Crippen LogP contribution < -0.4 is 5.32 Å². The first-order valence-corrected chi connectivity index (χ1v) is 6.32. The second-order valence-corrected chi connectivity index (χ2v) is 4.99. The van der Waals surface area contributed by atoms with Crippen LogP contribution in [0.1, 0.15) is 5.56 Å². The highest BCUT2D eigenvalue weighted by atomic mass is 35.5. The Morgan fingerprint density at radius 1 is 0.944 bits per heavy atom. The van der Waals surface area contributed by atoms with Gasteiger partial charge >= 0.3 is 0 Å². The molecule has 2 aromatic carbocycles. The Morgan fingerprint density at radius 3 is 2.28 bits per heavy atom. The van der Waals surface area contributed by atoms with Crippen LogP contribution in [0.15, 0.2) is 36.4 Å². The fraction of sp³-hybridized carbons (Fsp3) is 0.0769. The van der Waals surface area contributed by atoms with Crippen molar-refractivity contribution in [3.05, 3.63) is 62.8 Å². The van der Waals surface area contributed by atoms with Crippen molar-refractivity contribution < 1.29 is 4.39 Å². The molecular formula is C13H9Cl3FN. The lowest BCUT2D eigenvalue weighted by atomic mass is 10.2. The molecule has 0 spiro atoms. The van der Waals surface area contributed by atoms with Crippen LogP contribution in [0, 0.1) is 5.82 Å². The van der Waals surface area contributed by atoms with E-state index in [0.29, 0.717) is 27.3 Å². The van der Waals surface area contributed by atoms with E-state index in [2.05, 4.69) is 5.32 Å². The zero-order chi connectivity index (χ0) is 13.1. The zero-order valence-corrected chi connectivity index (χ0v) is 11.5. The molecule has 0 saturated heterocycles. The molecule has 0 aliphatic carbocycles. The summed E-state index contributed by atoms with van der Waals surface area (Å²) in [7, 11) is 0. The molecular weight excluding hydrogens is 296 g/mol. The molecule has 94 valence electrons. The average Bonchev–Trinajstić information content (AvgIpc) is 2.30. The van der Waals surface area contributed by atoms with Crippen molar-refractivity contribution in [2.24, 2.45) is 0 Å². The van der Waals surface area contributed by atoms with Gasteiger partial charge in [-0.05, 0) is 35.9 Å². The molecule has 0 aliphatic heterocycles. The molecule has 2 rings (SSSR count). The summed E-state index contributed by atoms with van der Waals surface area (Å²) in [4.78, 5) is 0. The van der Waals surface area contributed by atoms with E-state index in [-0.39, 0.29) is 0 Å². The third-order valence-corrected chi connectivity index (χ3v) is 3.24. The van der Waals surface area contributed by atoms with Gasteiger partial charge in [-0.1, -0.05) is 40.9 Å². The first kappa shape index (κ1) is 13.5. The van der Waals surface area contributed by atoms with E-state index in [0.717, 1.165) is 5.56 Å². The maximum atomic E-state index is 13.5. The Balaban J connectivity index is 2.11. The van der Waals surface area contributed by atoms with Crippen LogP contribution in [0.25, 0.3) is 0 Å². The fourth-order valence-electron chi connectivity index (χ4n) is 1.49. The summed E-state index contributed by atoms with van der Waals surface area (Å²) in [6.07, 6.45) is 0. The average molecular weight is 305 g/mol. The molecule has 0 bridgehead atoms. The molecule has 0 atom stereocenters. The van der Waals surface area contributed by atoms with E-state index >= 15 is 0 Å². The number of anilines is 1. The molecule has 0 fully saturated rings. The van der Waals surface area contributed by atoms with Crippen molar-refractivity contribution in [1.82, 2.24) is 0 Å². The predicted molar refractivity (Wildman–Crippen MR) is 75.2 cm³/mol. The van der Waals surface area contributed by atoms with Gasteiger partial charge in [0, 0.05) is 21.6 Å². The van der Waals surface area contributed by atoms with Crippen LogP contribution in [0.3, 0.4) is 0 Å². The molecule has 5 heteroatoms. The molecule has 0 aliphatic rings. The molecule has 0 unspecified atom stereocenters. The largest absolute Gasteiger partial charge is 0.379 e. The monoisotopic (exact) mass is 303 g/mol. The summed E-state index contributed by atoms with van der Waals surface area (Å²) in [5.74, 6) is -0.396. The van der Waals surface area contributed by atoms with Gasteiger partial charge in [0.2, 0.25) is 0 Å². The highest BCUT2D eigenvalue weighted by molar-refractivity contribution is 6.35. The standard InChI is InChI=1S/C13H9Cl3FN/c14-9-2-1-8(11(16)5-9)7-18-13-4-3-10(15)6-12(13)17/h1-6,18H,7H2. The molecule has 0 amide bonds. The van der Waals surface area contributed by atoms with E-state index in [4.69, 9.17) is 34.8 Å². The van der Waals surface area contributed by atoms with Gasteiger partial charge in [-0.15, -0.1) is 0 Å². The quantitative estimate of drug-likeness (QED) is 0.800.